The van der Waals surface area contributed by atoms with Crippen LogP contribution in [0.15, 0.2) is 0 Å². The zero-order valence-electron chi connectivity index (χ0n) is 16.8. The predicted molar refractivity (Wildman–Crippen MR) is 107 cm³/mol. The quantitative estimate of drug-likeness (QED) is 0.676. The van der Waals surface area contributed by atoms with Crippen LogP contribution in [0.1, 0.15) is 103 Å². The van der Waals surface area contributed by atoms with Gasteiger partial charge >= 0.3 is 0 Å². The normalized spacial score (nSPS) is 48.2. The third kappa shape index (κ3) is 4.66. The van der Waals surface area contributed by atoms with Gasteiger partial charge in [-0.3, -0.25) is 0 Å². The van der Waals surface area contributed by atoms with Crippen molar-refractivity contribution < 1.29 is 10.2 Å². The fraction of sp³-hybridized carbons (Fsp3) is 1.00. The van der Waals surface area contributed by atoms with Gasteiger partial charge in [0.2, 0.25) is 0 Å². The lowest BCUT2D eigenvalue weighted by molar-refractivity contribution is 0.0545. The van der Waals surface area contributed by atoms with E-state index in [9.17, 15) is 10.2 Å². The van der Waals surface area contributed by atoms with E-state index in [0.29, 0.717) is 0 Å². The zero-order chi connectivity index (χ0) is 17.9. The zero-order valence-corrected chi connectivity index (χ0v) is 16.8. The second kappa shape index (κ2) is 8.95. The standard InChI is InChI=1S/C24H42O2/c25-23-13-9-21(10-14-23)19-5-1-17(2-6-19)18-3-7-20(8-4-18)22-11-15-24(26)16-12-22/h17-26H,1-16H2. The molecule has 0 atom stereocenters. The van der Waals surface area contributed by atoms with Crippen molar-refractivity contribution >= 4 is 0 Å². The molecule has 0 saturated heterocycles. The molecular formula is C24H42O2. The van der Waals surface area contributed by atoms with Crippen molar-refractivity contribution in [1.82, 2.24) is 0 Å². The van der Waals surface area contributed by atoms with E-state index in [1.165, 1.54) is 77.0 Å². The summed E-state index contributed by atoms with van der Waals surface area (Å²) >= 11 is 0. The van der Waals surface area contributed by atoms with E-state index in [4.69, 9.17) is 0 Å². The number of aliphatic hydroxyl groups is 2. The molecule has 150 valence electrons. The van der Waals surface area contributed by atoms with E-state index < -0.39 is 0 Å². The van der Waals surface area contributed by atoms with Gasteiger partial charge in [0.15, 0.2) is 0 Å². The maximum atomic E-state index is 9.75. The summed E-state index contributed by atoms with van der Waals surface area (Å²) in [7, 11) is 0. The fourth-order valence-corrected chi connectivity index (χ4v) is 7.32. The molecule has 4 fully saturated rings. The molecule has 0 spiro atoms. The van der Waals surface area contributed by atoms with Crippen LogP contribution in [0.25, 0.3) is 0 Å². The van der Waals surface area contributed by atoms with Gasteiger partial charge in [-0.25, -0.2) is 0 Å². The first-order valence-corrected chi connectivity index (χ1v) is 12.0. The van der Waals surface area contributed by atoms with E-state index in [1.807, 2.05) is 0 Å². The topological polar surface area (TPSA) is 40.5 Å². The molecule has 0 heterocycles. The van der Waals surface area contributed by atoms with Crippen molar-refractivity contribution in [2.24, 2.45) is 35.5 Å². The van der Waals surface area contributed by atoms with Gasteiger partial charge in [-0.2, -0.15) is 0 Å². The van der Waals surface area contributed by atoms with Crippen molar-refractivity contribution in [3.8, 4) is 0 Å². The molecule has 4 aliphatic carbocycles. The van der Waals surface area contributed by atoms with Gasteiger partial charge in [0.05, 0.1) is 12.2 Å². The molecule has 2 N–H and O–H groups in total. The van der Waals surface area contributed by atoms with Crippen LogP contribution in [0.4, 0.5) is 0 Å². The second-order valence-electron chi connectivity index (χ2n) is 10.5. The minimum atomic E-state index is 0.00482. The minimum absolute atomic E-state index is 0.00482. The van der Waals surface area contributed by atoms with Crippen LogP contribution < -0.4 is 0 Å². The Morgan fingerprint density at radius 3 is 0.615 bits per heavy atom. The highest BCUT2D eigenvalue weighted by Gasteiger charge is 2.36. The lowest BCUT2D eigenvalue weighted by Gasteiger charge is -2.42. The molecular weight excluding hydrogens is 320 g/mol. The Morgan fingerprint density at radius 2 is 0.423 bits per heavy atom. The highest BCUT2D eigenvalue weighted by molar-refractivity contribution is 4.87. The van der Waals surface area contributed by atoms with Crippen LogP contribution in [0.5, 0.6) is 0 Å². The fourth-order valence-electron chi connectivity index (χ4n) is 7.32. The SMILES string of the molecule is OC1CCC(C2CCC(C3CCC(C4CCC(O)CC4)CC3)CC2)CC1. The molecule has 26 heavy (non-hydrogen) atoms. The predicted octanol–water partition coefficient (Wildman–Crippen LogP) is 5.70. The number of hydrogen-bond acceptors (Lipinski definition) is 2. The molecule has 0 unspecified atom stereocenters. The maximum Gasteiger partial charge on any atom is 0.0540 e. The Balaban J connectivity index is 1.18. The molecule has 0 bridgehead atoms. The van der Waals surface area contributed by atoms with E-state index in [-0.39, 0.29) is 12.2 Å². The van der Waals surface area contributed by atoms with Crippen molar-refractivity contribution in [2.45, 2.75) is 115 Å². The second-order valence-corrected chi connectivity index (χ2v) is 10.5. The Morgan fingerprint density at radius 1 is 0.269 bits per heavy atom. The molecule has 4 saturated carbocycles. The number of hydrogen-bond donors (Lipinski definition) is 2. The van der Waals surface area contributed by atoms with Crippen LogP contribution in [-0.4, -0.2) is 22.4 Å². The summed E-state index contributed by atoms with van der Waals surface area (Å²) in [5.41, 5.74) is 0. The minimum Gasteiger partial charge on any atom is -0.393 e. The first-order valence-electron chi connectivity index (χ1n) is 12.0. The molecule has 0 aliphatic heterocycles. The average Bonchev–Trinajstić information content (AvgIpc) is 2.70. The van der Waals surface area contributed by atoms with Gasteiger partial charge in [-0.05, 0) is 138 Å². The smallest absolute Gasteiger partial charge is 0.0540 e. The van der Waals surface area contributed by atoms with Gasteiger partial charge in [0.1, 0.15) is 0 Å². The van der Waals surface area contributed by atoms with Crippen molar-refractivity contribution in [2.75, 3.05) is 0 Å². The third-order valence-electron chi connectivity index (χ3n) is 9.12. The molecule has 2 heteroatoms. The van der Waals surface area contributed by atoms with Crippen LogP contribution in [0.3, 0.4) is 0 Å². The Bertz CT molecular complexity index is 364. The highest BCUT2D eigenvalue weighted by Crippen LogP contribution is 2.47. The third-order valence-corrected chi connectivity index (χ3v) is 9.12. The summed E-state index contributed by atoms with van der Waals surface area (Å²) in [5.74, 6) is 5.85. The molecule has 4 rings (SSSR count). The molecule has 0 aromatic heterocycles. The Kier molecular flexibility index (Phi) is 6.62. The Hall–Kier alpha value is -0.0800. The maximum absolute atomic E-state index is 9.75. The molecule has 0 aromatic rings. The van der Waals surface area contributed by atoms with Crippen LogP contribution >= 0.6 is 0 Å². The summed E-state index contributed by atoms with van der Waals surface area (Å²) in [6.07, 6.45) is 21.3. The number of rotatable bonds is 3. The van der Waals surface area contributed by atoms with E-state index in [2.05, 4.69) is 0 Å². The summed E-state index contributed by atoms with van der Waals surface area (Å²) in [4.78, 5) is 0. The molecule has 0 aromatic carbocycles. The molecule has 0 radical (unpaired) electrons. The van der Waals surface area contributed by atoms with Gasteiger partial charge in [0.25, 0.3) is 0 Å². The van der Waals surface area contributed by atoms with Crippen LogP contribution in [-0.2, 0) is 0 Å². The van der Waals surface area contributed by atoms with Crippen LogP contribution in [0, 0.1) is 35.5 Å². The van der Waals surface area contributed by atoms with E-state index >= 15 is 0 Å². The summed E-state index contributed by atoms with van der Waals surface area (Å²) < 4.78 is 0. The summed E-state index contributed by atoms with van der Waals surface area (Å²) in [6.45, 7) is 0. The largest absolute Gasteiger partial charge is 0.393 e. The average molecular weight is 363 g/mol. The molecule has 4 aliphatic rings. The lowest BCUT2D eigenvalue weighted by Crippen LogP contribution is -2.32. The first kappa shape index (κ1) is 19.2. The summed E-state index contributed by atoms with van der Waals surface area (Å²) in [5, 5.41) is 19.5. The van der Waals surface area contributed by atoms with Gasteiger partial charge in [-0.1, -0.05) is 0 Å². The van der Waals surface area contributed by atoms with Crippen molar-refractivity contribution in [3.63, 3.8) is 0 Å². The van der Waals surface area contributed by atoms with Crippen molar-refractivity contribution in [1.29, 1.82) is 0 Å². The van der Waals surface area contributed by atoms with Crippen molar-refractivity contribution in [3.05, 3.63) is 0 Å². The van der Waals surface area contributed by atoms with E-state index in [0.717, 1.165) is 61.2 Å². The molecule has 0 amide bonds. The van der Waals surface area contributed by atoms with Crippen LogP contribution in [0.2, 0.25) is 0 Å². The van der Waals surface area contributed by atoms with Gasteiger partial charge < -0.3 is 10.2 Å². The lowest BCUT2D eigenvalue weighted by atomic mass is 9.64. The monoisotopic (exact) mass is 362 g/mol. The van der Waals surface area contributed by atoms with Gasteiger partial charge in [0, 0.05) is 0 Å². The first-order chi connectivity index (χ1) is 12.7. The molecule has 2 nitrogen and oxygen atoms in total. The Labute approximate surface area is 161 Å². The summed E-state index contributed by atoms with van der Waals surface area (Å²) in [6, 6.07) is 0. The van der Waals surface area contributed by atoms with E-state index in [1.54, 1.807) is 0 Å². The number of aliphatic hydroxyl groups excluding tert-OH is 2. The highest BCUT2D eigenvalue weighted by atomic mass is 16.3. The van der Waals surface area contributed by atoms with Gasteiger partial charge in [-0.15, -0.1) is 0 Å².